The molecule has 0 radical (unpaired) electrons. The molecule has 18 heavy (non-hydrogen) atoms. The fourth-order valence-corrected chi connectivity index (χ4v) is 1.78. The lowest BCUT2D eigenvalue weighted by atomic mass is 10.0. The van der Waals surface area contributed by atoms with Gasteiger partial charge in [-0.05, 0) is 18.2 Å². The molecule has 0 bridgehead atoms. The number of benzene rings is 1. The Morgan fingerprint density at radius 1 is 1.56 bits per heavy atom. The highest BCUT2D eigenvalue weighted by Gasteiger charge is 2.23. The molecule has 0 N–H and O–H groups in total. The van der Waals surface area contributed by atoms with Gasteiger partial charge in [-0.1, -0.05) is 0 Å². The van der Waals surface area contributed by atoms with Crippen LogP contribution in [-0.2, 0) is 4.79 Å². The Balaban J connectivity index is 2.29. The van der Waals surface area contributed by atoms with Crippen molar-refractivity contribution >= 4 is 17.4 Å². The minimum Gasteiger partial charge on any atom is -0.482 e. The van der Waals surface area contributed by atoms with Gasteiger partial charge in [-0.25, -0.2) is 0 Å². The van der Waals surface area contributed by atoms with E-state index in [1.165, 1.54) is 4.90 Å². The number of Topliss-reactive ketones (excluding diaryl/α,β-unsaturated/α-hetero) is 1. The van der Waals surface area contributed by atoms with E-state index in [2.05, 4.69) is 5.92 Å². The molecular formula is C14H13NO3. The Hall–Kier alpha value is -2.28. The summed E-state index contributed by atoms with van der Waals surface area (Å²) in [7, 11) is 1.67. The third kappa shape index (κ3) is 2.21. The van der Waals surface area contributed by atoms with Gasteiger partial charge in [0.15, 0.2) is 12.4 Å². The molecule has 0 aromatic heterocycles. The first-order chi connectivity index (χ1) is 8.63. The van der Waals surface area contributed by atoms with Crippen molar-refractivity contribution in [2.75, 3.05) is 18.6 Å². The lowest BCUT2D eigenvalue weighted by Gasteiger charge is -2.26. The average Bonchev–Trinajstić information content (AvgIpc) is 2.40. The second-order valence-electron chi connectivity index (χ2n) is 4.05. The minimum atomic E-state index is -0.129. The average molecular weight is 243 g/mol. The molecule has 0 saturated heterocycles. The summed E-state index contributed by atoms with van der Waals surface area (Å²) in [6.45, 7) is 0.0356. The van der Waals surface area contributed by atoms with Crippen molar-refractivity contribution in [3.8, 4) is 18.1 Å². The second-order valence-corrected chi connectivity index (χ2v) is 4.05. The molecule has 1 aromatic carbocycles. The Kier molecular flexibility index (Phi) is 3.33. The molecule has 1 aliphatic rings. The third-order valence-electron chi connectivity index (χ3n) is 2.86. The second kappa shape index (κ2) is 4.92. The van der Waals surface area contributed by atoms with E-state index in [0.29, 0.717) is 29.8 Å². The van der Waals surface area contributed by atoms with Gasteiger partial charge in [0.25, 0.3) is 5.91 Å². The lowest BCUT2D eigenvalue weighted by Crippen LogP contribution is -2.35. The summed E-state index contributed by atoms with van der Waals surface area (Å²) in [6.07, 6.45) is 5.86. The fraction of sp³-hybridized carbons (Fsp3) is 0.286. The molecule has 4 heteroatoms. The maximum atomic E-state index is 11.8. The summed E-state index contributed by atoms with van der Waals surface area (Å²) < 4.78 is 5.29. The number of amides is 1. The van der Waals surface area contributed by atoms with Crippen molar-refractivity contribution in [1.29, 1.82) is 0 Å². The molecule has 1 aromatic rings. The van der Waals surface area contributed by atoms with E-state index in [-0.39, 0.29) is 18.3 Å². The number of ether oxygens (including phenoxy) is 1. The van der Waals surface area contributed by atoms with Crippen LogP contribution in [0.3, 0.4) is 0 Å². The summed E-state index contributed by atoms with van der Waals surface area (Å²) >= 11 is 0. The van der Waals surface area contributed by atoms with Crippen LogP contribution in [0.25, 0.3) is 0 Å². The molecule has 2 rings (SSSR count). The number of fused-ring (bicyclic) bond motifs is 1. The van der Waals surface area contributed by atoms with Crippen LogP contribution in [0.1, 0.15) is 23.2 Å². The number of nitrogens with zero attached hydrogens (tertiary/aromatic N) is 1. The molecule has 1 heterocycles. The van der Waals surface area contributed by atoms with E-state index in [1.807, 2.05) is 0 Å². The van der Waals surface area contributed by atoms with Crippen molar-refractivity contribution < 1.29 is 14.3 Å². The topological polar surface area (TPSA) is 46.6 Å². The molecule has 1 aliphatic heterocycles. The van der Waals surface area contributed by atoms with Gasteiger partial charge in [-0.15, -0.1) is 12.3 Å². The van der Waals surface area contributed by atoms with E-state index >= 15 is 0 Å². The van der Waals surface area contributed by atoms with Gasteiger partial charge in [0.2, 0.25) is 0 Å². The molecule has 0 fully saturated rings. The van der Waals surface area contributed by atoms with Crippen molar-refractivity contribution in [2.24, 2.45) is 0 Å². The zero-order valence-corrected chi connectivity index (χ0v) is 10.1. The number of carbonyl (C=O) groups excluding carboxylic acids is 2. The highest BCUT2D eigenvalue weighted by Crippen LogP contribution is 2.32. The Bertz CT molecular complexity index is 542. The van der Waals surface area contributed by atoms with Crippen LogP contribution in [0.2, 0.25) is 0 Å². The molecule has 1 amide bonds. The molecule has 0 saturated carbocycles. The number of carbonyl (C=O) groups is 2. The van der Waals surface area contributed by atoms with Gasteiger partial charge in [0.1, 0.15) is 5.75 Å². The van der Waals surface area contributed by atoms with E-state index in [9.17, 15) is 9.59 Å². The molecule has 92 valence electrons. The molecule has 0 unspecified atom stereocenters. The summed E-state index contributed by atoms with van der Waals surface area (Å²) in [5, 5.41) is 0. The number of terminal acetylenes is 1. The van der Waals surface area contributed by atoms with Crippen LogP contribution in [0.5, 0.6) is 5.75 Å². The number of ketones is 1. The van der Waals surface area contributed by atoms with Crippen LogP contribution in [-0.4, -0.2) is 25.3 Å². The van der Waals surface area contributed by atoms with Crippen molar-refractivity contribution in [3.63, 3.8) is 0 Å². The SMILES string of the molecule is C#CCCC(=O)c1ccc2c(c1)N(C)C(=O)CO2. The minimum absolute atomic E-state index is 0.0258. The predicted octanol–water partition coefficient (Wildman–Crippen LogP) is 1.64. The number of hydrogen-bond donors (Lipinski definition) is 0. The van der Waals surface area contributed by atoms with E-state index in [0.717, 1.165) is 0 Å². The lowest BCUT2D eigenvalue weighted by molar-refractivity contribution is -0.120. The summed E-state index contributed by atoms with van der Waals surface area (Å²) in [5.74, 6) is 2.90. The van der Waals surface area contributed by atoms with Crippen molar-refractivity contribution in [1.82, 2.24) is 0 Å². The van der Waals surface area contributed by atoms with E-state index in [4.69, 9.17) is 11.2 Å². The maximum absolute atomic E-state index is 11.8. The fourth-order valence-electron chi connectivity index (χ4n) is 1.78. The number of hydrogen-bond acceptors (Lipinski definition) is 3. The van der Waals surface area contributed by atoms with Gasteiger partial charge < -0.3 is 9.64 Å². The van der Waals surface area contributed by atoms with Crippen LogP contribution < -0.4 is 9.64 Å². The normalized spacial score (nSPS) is 13.6. The largest absolute Gasteiger partial charge is 0.482 e. The molecular weight excluding hydrogens is 230 g/mol. The Labute approximate surface area is 106 Å². The number of rotatable bonds is 3. The summed E-state index contributed by atoms with van der Waals surface area (Å²) in [6, 6.07) is 5.08. The monoisotopic (exact) mass is 243 g/mol. The molecule has 0 atom stereocenters. The standard InChI is InChI=1S/C14H13NO3/c1-3-4-5-12(16)10-6-7-13-11(8-10)15(2)14(17)9-18-13/h1,6-8H,4-5,9H2,2H3. The van der Waals surface area contributed by atoms with Gasteiger partial charge in [0, 0.05) is 25.5 Å². The van der Waals surface area contributed by atoms with Gasteiger partial charge >= 0.3 is 0 Å². The van der Waals surface area contributed by atoms with Crippen LogP contribution >= 0.6 is 0 Å². The predicted molar refractivity (Wildman–Crippen MR) is 67.7 cm³/mol. The summed E-state index contributed by atoms with van der Waals surface area (Å²) in [5.41, 5.74) is 1.17. The number of likely N-dealkylation sites (N-methyl/N-ethyl adjacent to an activating group) is 1. The highest BCUT2D eigenvalue weighted by atomic mass is 16.5. The van der Waals surface area contributed by atoms with Gasteiger partial charge in [-0.3, -0.25) is 9.59 Å². The molecule has 0 spiro atoms. The Morgan fingerprint density at radius 3 is 3.06 bits per heavy atom. The van der Waals surface area contributed by atoms with E-state index < -0.39 is 0 Å². The van der Waals surface area contributed by atoms with Gasteiger partial charge in [-0.2, -0.15) is 0 Å². The molecule has 0 aliphatic carbocycles. The first-order valence-corrected chi connectivity index (χ1v) is 5.63. The third-order valence-corrected chi connectivity index (χ3v) is 2.86. The highest BCUT2D eigenvalue weighted by molar-refractivity contribution is 6.01. The Morgan fingerprint density at radius 2 is 2.33 bits per heavy atom. The first-order valence-electron chi connectivity index (χ1n) is 5.63. The van der Waals surface area contributed by atoms with E-state index in [1.54, 1.807) is 25.2 Å². The van der Waals surface area contributed by atoms with Crippen LogP contribution in [0.15, 0.2) is 18.2 Å². The number of anilines is 1. The van der Waals surface area contributed by atoms with Gasteiger partial charge in [0.05, 0.1) is 5.69 Å². The molecule has 4 nitrogen and oxygen atoms in total. The van der Waals surface area contributed by atoms with Crippen LogP contribution in [0.4, 0.5) is 5.69 Å². The van der Waals surface area contributed by atoms with Crippen molar-refractivity contribution in [2.45, 2.75) is 12.8 Å². The zero-order chi connectivity index (χ0) is 13.1. The van der Waals surface area contributed by atoms with Crippen molar-refractivity contribution in [3.05, 3.63) is 23.8 Å². The maximum Gasteiger partial charge on any atom is 0.264 e. The first kappa shape index (κ1) is 12.2. The van der Waals surface area contributed by atoms with Crippen LogP contribution in [0, 0.1) is 12.3 Å². The zero-order valence-electron chi connectivity index (χ0n) is 10.1. The quantitative estimate of drug-likeness (QED) is 0.599. The summed E-state index contributed by atoms with van der Waals surface area (Å²) in [4.78, 5) is 24.8. The smallest absolute Gasteiger partial charge is 0.264 e.